The number of aromatic nitrogens is 1. The summed E-state index contributed by atoms with van der Waals surface area (Å²) in [6.07, 6.45) is 2.18. The zero-order valence-corrected chi connectivity index (χ0v) is 12.8. The van der Waals surface area contributed by atoms with Gasteiger partial charge in [0.25, 0.3) is 5.56 Å². The highest BCUT2D eigenvalue weighted by Crippen LogP contribution is 2.19. The molecule has 0 aliphatic heterocycles. The lowest BCUT2D eigenvalue weighted by atomic mass is 10.1. The number of hydrogen-bond acceptors (Lipinski definition) is 3. The standard InChI is InChI=1S/C19H16N2O3/c22-18-14(4-2-10-20-18)11-13-6-8-16(9-7-13)21-17-5-1-3-15(12-17)19(23)24/h1-10,12,21H,11H2,(H,20,22)(H,23,24). The number of H-pyrrole nitrogens is 1. The third-order valence-electron chi connectivity index (χ3n) is 3.65. The van der Waals surface area contributed by atoms with Gasteiger partial charge in [0, 0.05) is 29.6 Å². The van der Waals surface area contributed by atoms with Gasteiger partial charge in [-0.3, -0.25) is 4.79 Å². The summed E-state index contributed by atoms with van der Waals surface area (Å²) in [6.45, 7) is 0. The number of pyridine rings is 1. The lowest BCUT2D eigenvalue weighted by Gasteiger charge is -2.08. The minimum atomic E-state index is -0.956. The molecule has 0 amide bonds. The van der Waals surface area contributed by atoms with E-state index in [0.29, 0.717) is 17.7 Å². The van der Waals surface area contributed by atoms with Crippen molar-refractivity contribution < 1.29 is 9.90 Å². The lowest BCUT2D eigenvalue weighted by molar-refractivity contribution is 0.0697. The molecule has 0 fully saturated rings. The first kappa shape index (κ1) is 15.6. The molecule has 5 nitrogen and oxygen atoms in total. The molecule has 24 heavy (non-hydrogen) atoms. The van der Waals surface area contributed by atoms with Gasteiger partial charge < -0.3 is 15.4 Å². The predicted molar refractivity (Wildman–Crippen MR) is 93.0 cm³/mol. The molecule has 0 bridgehead atoms. The Labute approximate surface area is 138 Å². The monoisotopic (exact) mass is 320 g/mol. The molecule has 0 spiro atoms. The van der Waals surface area contributed by atoms with Crippen molar-refractivity contribution in [3.05, 3.63) is 93.9 Å². The highest BCUT2D eigenvalue weighted by molar-refractivity contribution is 5.89. The van der Waals surface area contributed by atoms with Crippen LogP contribution in [0.25, 0.3) is 0 Å². The van der Waals surface area contributed by atoms with Gasteiger partial charge in [0.15, 0.2) is 0 Å². The number of rotatable bonds is 5. The maximum absolute atomic E-state index is 11.7. The van der Waals surface area contributed by atoms with Gasteiger partial charge >= 0.3 is 5.97 Å². The Morgan fingerprint density at radius 1 is 1.00 bits per heavy atom. The van der Waals surface area contributed by atoms with Crippen molar-refractivity contribution in [1.29, 1.82) is 0 Å². The Balaban J connectivity index is 1.73. The van der Waals surface area contributed by atoms with E-state index in [0.717, 1.165) is 11.3 Å². The summed E-state index contributed by atoms with van der Waals surface area (Å²) >= 11 is 0. The van der Waals surface area contributed by atoms with Crippen molar-refractivity contribution in [1.82, 2.24) is 4.98 Å². The van der Waals surface area contributed by atoms with Crippen LogP contribution in [0.4, 0.5) is 11.4 Å². The van der Waals surface area contributed by atoms with Gasteiger partial charge in [0.1, 0.15) is 0 Å². The number of aromatic carboxylic acids is 1. The van der Waals surface area contributed by atoms with E-state index in [1.807, 2.05) is 42.5 Å². The second-order valence-corrected chi connectivity index (χ2v) is 5.41. The smallest absolute Gasteiger partial charge is 0.335 e. The summed E-state index contributed by atoms with van der Waals surface area (Å²) in [7, 11) is 0. The zero-order valence-electron chi connectivity index (χ0n) is 12.8. The van der Waals surface area contributed by atoms with E-state index in [1.54, 1.807) is 24.4 Å². The number of carboxylic acids is 1. The van der Waals surface area contributed by atoms with Crippen LogP contribution in [-0.4, -0.2) is 16.1 Å². The second kappa shape index (κ2) is 6.83. The largest absolute Gasteiger partial charge is 0.478 e. The van der Waals surface area contributed by atoms with E-state index in [1.165, 1.54) is 0 Å². The van der Waals surface area contributed by atoms with Crippen LogP contribution in [0, 0.1) is 0 Å². The summed E-state index contributed by atoms with van der Waals surface area (Å²) in [5.41, 5.74) is 3.46. The Morgan fingerprint density at radius 2 is 1.79 bits per heavy atom. The van der Waals surface area contributed by atoms with E-state index in [9.17, 15) is 9.59 Å². The number of anilines is 2. The fourth-order valence-corrected chi connectivity index (χ4v) is 2.42. The molecule has 3 N–H and O–H groups in total. The molecule has 2 aromatic carbocycles. The van der Waals surface area contributed by atoms with Gasteiger partial charge in [-0.1, -0.05) is 24.3 Å². The second-order valence-electron chi connectivity index (χ2n) is 5.41. The normalized spacial score (nSPS) is 10.3. The van der Waals surface area contributed by atoms with Crippen molar-refractivity contribution in [3.8, 4) is 0 Å². The van der Waals surface area contributed by atoms with Crippen LogP contribution in [0.2, 0.25) is 0 Å². The van der Waals surface area contributed by atoms with Gasteiger partial charge in [-0.25, -0.2) is 4.79 Å². The first-order valence-electron chi connectivity index (χ1n) is 7.48. The van der Waals surface area contributed by atoms with Crippen LogP contribution in [0.3, 0.4) is 0 Å². The van der Waals surface area contributed by atoms with Gasteiger partial charge in [0.2, 0.25) is 0 Å². The van der Waals surface area contributed by atoms with Gasteiger partial charge in [-0.05, 0) is 42.0 Å². The SMILES string of the molecule is O=C(O)c1cccc(Nc2ccc(Cc3ccc[nH]c3=O)cc2)c1. The van der Waals surface area contributed by atoms with Crippen LogP contribution in [0.1, 0.15) is 21.5 Å². The van der Waals surface area contributed by atoms with Gasteiger partial charge in [-0.15, -0.1) is 0 Å². The molecule has 3 aromatic rings. The van der Waals surface area contributed by atoms with Gasteiger partial charge in [0.05, 0.1) is 5.56 Å². The van der Waals surface area contributed by atoms with Crippen LogP contribution in [0.15, 0.2) is 71.7 Å². The van der Waals surface area contributed by atoms with Crippen molar-refractivity contribution in [2.24, 2.45) is 0 Å². The number of carboxylic acid groups (broad SMARTS) is 1. The molecule has 0 saturated carbocycles. The van der Waals surface area contributed by atoms with E-state index >= 15 is 0 Å². The summed E-state index contributed by atoms with van der Waals surface area (Å²) in [4.78, 5) is 25.4. The Bertz CT molecular complexity index is 914. The molecule has 0 radical (unpaired) electrons. The summed E-state index contributed by atoms with van der Waals surface area (Å²) < 4.78 is 0. The first-order chi connectivity index (χ1) is 11.6. The molecule has 0 saturated heterocycles. The van der Waals surface area contributed by atoms with Crippen molar-refractivity contribution in [2.75, 3.05) is 5.32 Å². The Morgan fingerprint density at radius 3 is 2.50 bits per heavy atom. The van der Waals surface area contributed by atoms with Crippen LogP contribution in [0.5, 0.6) is 0 Å². The average Bonchev–Trinajstić information content (AvgIpc) is 2.59. The third-order valence-corrected chi connectivity index (χ3v) is 3.65. The first-order valence-corrected chi connectivity index (χ1v) is 7.48. The number of hydrogen-bond donors (Lipinski definition) is 3. The molecule has 3 rings (SSSR count). The van der Waals surface area contributed by atoms with Crippen molar-refractivity contribution in [3.63, 3.8) is 0 Å². The maximum Gasteiger partial charge on any atom is 0.335 e. The Hall–Kier alpha value is -3.34. The number of carbonyl (C=O) groups is 1. The van der Waals surface area contributed by atoms with Crippen LogP contribution >= 0.6 is 0 Å². The van der Waals surface area contributed by atoms with Crippen LogP contribution < -0.4 is 10.9 Å². The van der Waals surface area contributed by atoms with E-state index < -0.39 is 5.97 Å². The third kappa shape index (κ3) is 3.70. The zero-order chi connectivity index (χ0) is 16.9. The molecule has 0 unspecified atom stereocenters. The highest BCUT2D eigenvalue weighted by Gasteiger charge is 2.04. The topological polar surface area (TPSA) is 82.2 Å². The average molecular weight is 320 g/mol. The van der Waals surface area contributed by atoms with Crippen LogP contribution in [-0.2, 0) is 6.42 Å². The minimum Gasteiger partial charge on any atom is -0.478 e. The molecule has 0 atom stereocenters. The molecule has 5 heteroatoms. The molecule has 1 heterocycles. The number of benzene rings is 2. The van der Waals surface area contributed by atoms with E-state index in [-0.39, 0.29) is 11.1 Å². The van der Waals surface area contributed by atoms with Crippen molar-refractivity contribution >= 4 is 17.3 Å². The van der Waals surface area contributed by atoms with Gasteiger partial charge in [-0.2, -0.15) is 0 Å². The summed E-state index contributed by atoms with van der Waals surface area (Å²) in [5.74, 6) is -0.956. The summed E-state index contributed by atoms with van der Waals surface area (Å²) in [5, 5.41) is 12.2. The molecule has 1 aromatic heterocycles. The highest BCUT2D eigenvalue weighted by atomic mass is 16.4. The fraction of sp³-hybridized carbons (Fsp3) is 0.0526. The van der Waals surface area contributed by atoms with E-state index in [4.69, 9.17) is 5.11 Å². The molecular weight excluding hydrogens is 304 g/mol. The predicted octanol–water partition coefficient (Wildman–Crippen LogP) is 3.41. The molecule has 0 aliphatic carbocycles. The van der Waals surface area contributed by atoms with E-state index in [2.05, 4.69) is 10.3 Å². The molecule has 120 valence electrons. The quantitative estimate of drug-likeness (QED) is 0.673. The number of aromatic amines is 1. The summed E-state index contributed by atoms with van der Waals surface area (Å²) in [6, 6.07) is 17.9. The fourth-order valence-electron chi connectivity index (χ4n) is 2.42. The number of nitrogens with one attached hydrogen (secondary N) is 2. The maximum atomic E-state index is 11.7. The minimum absolute atomic E-state index is 0.0785. The molecular formula is C19H16N2O3. The van der Waals surface area contributed by atoms with Crippen molar-refractivity contribution in [2.45, 2.75) is 6.42 Å². The lowest BCUT2D eigenvalue weighted by Crippen LogP contribution is -2.11. The Kier molecular flexibility index (Phi) is 4.43. The molecule has 0 aliphatic rings.